The van der Waals surface area contributed by atoms with Crippen LogP contribution in [0.2, 0.25) is 0 Å². The van der Waals surface area contributed by atoms with Gasteiger partial charge in [-0.2, -0.15) is 0 Å². The van der Waals surface area contributed by atoms with Gasteiger partial charge in [-0.1, -0.05) is 48.5 Å². The van der Waals surface area contributed by atoms with E-state index in [1.165, 1.54) is 4.90 Å². The highest BCUT2D eigenvalue weighted by Crippen LogP contribution is 2.45. The van der Waals surface area contributed by atoms with Gasteiger partial charge in [0.15, 0.2) is 12.8 Å². The molecule has 25 heavy (non-hydrogen) atoms. The number of benzene rings is 2. The zero-order valence-electron chi connectivity index (χ0n) is 13.6. The molecule has 2 N–H and O–H groups in total. The number of likely N-dealkylation sites (tertiary alicyclic amines) is 1. The summed E-state index contributed by atoms with van der Waals surface area (Å²) in [6.07, 6.45) is -0.491. The lowest BCUT2D eigenvalue weighted by Gasteiger charge is -2.27. The molecule has 4 rings (SSSR count). The summed E-state index contributed by atoms with van der Waals surface area (Å²) >= 11 is 0. The molecule has 2 aromatic rings. The van der Waals surface area contributed by atoms with Crippen molar-refractivity contribution in [3.05, 3.63) is 59.7 Å². The van der Waals surface area contributed by atoms with E-state index in [4.69, 9.17) is 9.47 Å². The molecular weight excluding hydrogens is 322 g/mol. The third kappa shape index (κ3) is 2.89. The topological polar surface area (TPSA) is 79.2 Å². The fourth-order valence-corrected chi connectivity index (χ4v) is 3.51. The SMILES string of the molecule is O=C(OCN1CCCC1(O)O)OC1c2ccccc2-c2ccccc21. The number of fused-ring (bicyclic) bond motifs is 3. The first-order valence-electron chi connectivity index (χ1n) is 8.28. The van der Waals surface area contributed by atoms with Gasteiger partial charge in [0.1, 0.15) is 0 Å². The molecule has 0 radical (unpaired) electrons. The quantitative estimate of drug-likeness (QED) is 0.660. The molecule has 0 saturated carbocycles. The van der Waals surface area contributed by atoms with Gasteiger partial charge in [-0.05, 0) is 17.5 Å². The second-order valence-electron chi connectivity index (χ2n) is 6.34. The van der Waals surface area contributed by atoms with Gasteiger partial charge in [0.25, 0.3) is 0 Å². The Bertz CT molecular complexity index is 758. The second-order valence-corrected chi connectivity index (χ2v) is 6.34. The molecule has 0 bridgehead atoms. The summed E-state index contributed by atoms with van der Waals surface area (Å²) < 4.78 is 10.6. The van der Waals surface area contributed by atoms with Crippen molar-refractivity contribution in [3.63, 3.8) is 0 Å². The van der Waals surface area contributed by atoms with E-state index in [-0.39, 0.29) is 13.2 Å². The fourth-order valence-electron chi connectivity index (χ4n) is 3.51. The molecule has 0 atom stereocenters. The number of carbonyl (C=O) groups excluding carboxylic acids is 1. The molecule has 0 unspecified atom stereocenters. The molecular formula is C19H19NO5. The summed E-state index contributed by atoms with van der Waals surface area (Å²) in [6, 6.07) is 15.6. The number of ether oxygens (including phenoxy) is 2. The summed E-state index contributed by atoms with van der Waals surface area (Å²) in [7, 11) is 0. The van der Waals surface area contributed by atoms with Gasteiger partial charge >= 0.3 is 6.16 Å². The van der Waals surface area contributed by atoms with E-state index >= 15 is 0 Å². The molecule has 0 aromatic heterocycles. The minimum absolute atomic E-state index is 0.220. The number of hydrogen-bond donors (Lipinski definition) is 2. The van der Waals surface area contributed by atoms with Gasteiger partial charge in [0.05, 0.1) is 0 Å². The summed E-state index contributed by atoms with van der Waals surface area (Å²) in [5, 5.41) is 19.5. The van der Waals surface area contributed by atoms with E-state index in [0.717, 1.165) is 22.3 Å². The minimum Gasteiger partial charge on any atom is -0.421 e. The summed E-state index contributed by atoms with van der Waals surface area (Å²) in [5.41, 5.74) is 3.92. The van der Waals surface area contributed by atoms with E-state index < -0.39 is 18.2 Å². The zero-order chi connectivity index (χ0) is 17.4. The minimum atomic E-state index is -1.92. The van der Waals surface area contributed by atoms with Crippen LogP contribution in [-0.4, -0.2) is 40.5 Å². The first-order valence-corrected chi connectivity index (χ1v) is 8.28. The van der Waals surface area contributed by atoms with Crippen LogP contribution >= 0.6 is 0 Å². The van der Waals surface area contributed by atoms with E-state index in [0.29, 0.717) is 13.0 Å². The largest absolute Gasteiger partial charge is 0.510 e. The first kappa shape index (κ1) is 16.1. The van der Waals surface area contributed by atoms with Crippen molar-refractivity contribution in [2.75, 3.05) is 13.3 Å². The van der Waals surface area contributed by atoms with Crippen LogP contribution < -0.4 is 0 Å². The number of carbonyl (C=O) groups is 1. The van der Waals surface area contributed by atoms with Crippen LogP contribution in [0.5, 0.6) is 0 Å². The number of nitrogens with zero attached hydrogens (tertiary/aromatic N) is 1. The smallest absolute Gasteiger partial charge is 0.421 e. The van der Waals surface area contributed by atoms with Crippen molar-refractivity contribution in [2.24, 2.45) is 0 Å². The monoisotopic (exact) mass is 341 g/mol. The molecule has 1 heterocycles. The van der Waals surface area contributed by atoms with Crippen molar-refractivity contribution < 1.29 is 24.5 Å². The fraction of sp³-hybridized carbons (Fsp3) is 0.316. The molecule has 0 amide bonds. The molecule has 2 aliphatic rings. The molecule has 1 saturated heterocycles. The molecule has 130 valence electrons. The average Bonchev–Trinajstić information content (AvgIpc) is 3.11. The van der Waals surface area contributed by atoms with Crippen LogP contribution in [0.3, 0.4) is 0 Å². The molecule has 2 aromatic carbocycles. The van der Waals surface area contributed by atoms with Crippen LogP contribution in [0.15, 0.2) is 48.5 Å². The lowest BCUT2D eigenvalue weighted by atomic mass is 10.1. The van der Waals surface area contributed by atoms with Crippen LogP contribution in [0.1, 0.15) is 30.1 Å². The van der Waals surface area contributed by atoms with E-state index in [1.807, 2.05) is 48.5 Å². The van der Waals surface area contributed by atoms with E-state index in [2.05, 4.69) is 0 Å². The summed E-state index contributed by atoms with van der Waals surface area (Å²) in [4.78, 5) is 13.4. The lowest BCUT2D eigenvalue weighted by Crippen LogP contribution is -2.45. The third-order valence-electron chi connectivity index (χ3n) is 4.78. The number of hydrogen-bond acceptors (Lipinski definition) is 6. The molecule has 0 spiro atoms. The van der Waals surface area contributed by atoms with Crippen LogP contribution in [0.25, 0.3) is 11.1 Å². The average molecular weight is 341 g/mol. The third-order valence-corrected chi connectivity index (χ3v) is 4.78. The number of aliphatic hydroxyl groups is 2. The highest BCUT2D eigenvalue weighted by molar-refractivity contribution is 5.79. The highest BCUT2D eigenvalue weighted by atomic mass is 16.7. The van der Waals surface area contributed by atoms with Gasteiger partial charge in [-0.15, -0.1) is 0 Å². The molecule has 6 nitrogen and oxygen atoms in total. The molecule has 1 fully saturated rings. The Morgan fingerprint density at radius 1 is 1.08 bits per heavy atom. The maximum absolute atomic E-state index is 12.2. The molecule has 1 aliphatic heterocycles. The Morgan fingerprint density at radius 2 is 1.68 bits per heavy atom. The Morgan fingerprint density at radius 3 is 2.24 bits per heavy atom. The molecule has 1 aliphatic carbocycles. The first-order chi connectivity index (χ1) is 12.1. The van der Waals surface area contributed by atoms with Gasteiger partial charge in [0.2, 0.25) is 5.91 Å². The predicted octanol–water partition coefficient (Wildman–Crippen LogP) is 2.60. The van der Waals surface area contributed by atoms with Crippen molar-refractivity contribution in [1.29, 1.82) is 0 Å². The van der Waals surface area contributed by atoms with E-state index in [1.54, 1.807) is 0 Å². The lowest BCUT2D eigenvalue weighted by molar-refractivity contribution is -0.259. The van der Waals surface area contributed by atoms with Crippen molar-refractivity contribution in [3.8, 4) is 11.1 Å². The van der Waals surface area contributed by atoms with Crippen molar-refractivity contribution >= 4 is 6.16 Å². The maximum Gasteiger partial charge on any atom is 0.510 e. The van der Waals surface area contributed by atoms with Crippen LogP contribution in [0.4, 0.5) is 4.79 Å². The van der Waals surface area contributed by atoms with Crippen LogP contribution in [0, 0.1) is 0 Å². The second kappa shape index (κ2) is 6.15. The Labute approximate surface area is 145 Å². The van der Waals surface area contributed by atoms with Gasteiger partial charge in [-0.25, -0.2) is 9.69 Å². The van der Waals surface area contributed by atoms with Crippen molar-refractivity contribution in [2.45, 2.75) is 24.9 Å². The number of rotatable bonds is 3. The van der Waals surface area contributed by atoms with E-state index in [9.17, 15) is 15.0 Å². The van der Waals surface area contributed by atoms with Crippen molar-refractivity contribution in [1.82, 2.24) is 4.90 Å². The normalized spacial score (nSPS) is 18.6. The zero-order valence-corrected chi connectivity index (χ0v) is 13.6. The summed E-state index contributed by atoms with van der Waals surface area (Å²) in [6.45, 7) is 0.233. The van der Waals surface area contributed by atoms with Gasteiger partial charge in [0, 0.05) is 24.1 Å². The Hall–Kier alpha value is -2.41. The van der Waals surface area contributed by atoms with Gasteiger partial charge in [-0.3, -0.25) is 0 Å². The van der Waals surface area contributed by atoms with Crippen LogP contribution in [-0.2, 0) is 9.47 Å². The Kier molecular flexibility index (Phi) is 3.95. The Balaban J connectivity index is 1.48. The van der Waals surface area contributed by atoms with Gasteiger partial charge < -0.3 is 19.7 Å². The predicted molar refractivity (Wildman–Crippen MR) is 89.3 cm³/mol. The highest BCUT2D eigenvalue weighted by Gasteiger charge is 2.38. The standard InChI is InChI=1S/C19H19NO5/c21-18(24-12-20-11-5-10-19(20,22)23)25-17-15-8-3-1-6-13(15)14-7-2-4-9-16(14)17/h1-4,6-9,17,22-23H,5,10-12H2. The molecule has 6 heteroatoms. The summed E-state index contributed by atoms with van der Waals surface area (Å²) in [5.74, 6) is -1.92. The maximum atomic E-state index is 12.2.